The molecule has 5 nitrogen and oxygen atoms in total. The van der Waals surface area contributed by atoms with Gasteiger partial charge in [-0.25, -0.2) is 17.2 Å². The van der Waals surface area contributed by atoms with Crippen LogP contribution in [0.15, 0.2) is 47.4 Å². The predicted octanol–water partition coefficient (Wildman–Crippen LogP) is 3.64. The third kappa shape index (κ3) is 4.44. The van der Waals surface area contributed by atoms with E-state index >= 15 is 0 Å². The molecular formula is C19H20F2N2O3S. The van der Waals surface area contributed by atoms with Gasteiger partial charge in [-0.15, -0.1) is 0 Å². The second kappa shape index (κ2) is 7.64. The van der Waals surface area contributed by atoms with Crippen LogP contribution in [0.5, 0.6) is 0 Å². The second-order valence-corrected chi connectivity index (χ2v) is 8.44. The minimum absolute atomic E-state index is 0.101. The molecule has 1 N–H and O–H groups in total. The highest BCUT2D eigenvalue weighted by Gasteiger charge is 2.23. The molecule has 1 amide bonds. The van der Waals surface area contributed by atoms with Crippen molar-refractivity contribution < 1.29 is 22.0 Å². The monoisotopic (exact) mass is 394 g/mol. The number of carbonyl (C=O) groups is 1. The Balaban J connectivity index is 1.83. The molecule has 2 aromatic rings. The average molecular weight is 394 g/mol. The van der Waals surface area contributed by atoms with Crippen LogP contribution in [0, 0.1) is 17.6 Å². The summed E-state index contributed by atoms with van der Waals surface area (Å²) in [6.07, 6.45) is 1.99. The number of hydrogen-bond donors (Lipinski definition) is 1. The fourth-order valence-corrected chi connectivity index (χ4v) is 4.22. The first-order valence-electron chi connectivity index (χ1n) is 8.63. The van der Waals surface area contributed by atoms with Crippen LogP contribution in [0.2, 0.25) is 0 Å². The zero-order valence-corrected chi connectivity index (χ0v) is 15.6. The fourth-order valence-electron chi connectivity index (χ4n) is 3.13. The Morgan fingerprint density at radius 3 is 2.63 bits per heavy atom. The van der Waals surface area contributed by atoms with E-state index in [1.54, 1.807) is 11.0 Å². The van der Waals surface area contributed by atoms with Crippen molar-refractivity contribution in [1.82, 2.24) is 4.90 Å². The number of nitrogens with zero attached hydrogens (tertiary/aromatic N) is 1. The van der Waals surface area contributed by atoms with Gasteiger partial charge in [-0.05, 0) is 49.1 Å². The van der Waals surface area contributed by atoms with Gasteiger partial charge in [0.25, 0.3) is 15.9 Å². The lowest BCUT2D eigenvalue weighted by Crippen LogP contribution is -2.39. The van der Waals surface area contributed by atoms with Gasteiger partial charge in [0.05, 0.1) is 10.6 Å². The Bertz CT molecular complexity index is 963. The van der Waals surface area contributed by atoms with E-state index in [0.29, 0.717) is 19.0 Å². The molecule has 0 aliphatic carbocycles. The van der Waals surface area contributed by atoms with Crippen LogP contribution in [0.3, 0.4) is 0 Å². The van der Waals surface area contributed by atoms with E-state index in [1.165, 1.54) is 18.2 Å². The number of nitrogens with one attached hydrogen (secondary N) is 1. The van der Waals surface area contributed by atoms with Crippen LogP contribution in [-0.4, -0.2) is 32.3 Å². The number of piperidine rings is 1. The molecule has 0 radical (unpaired) electrons. The van der Waals surface area contributed by atoms with Gasteiger partial charge in [0.2, 0.25) is 0 Å². The van der Waals surface area contributed by atoms with E-state index in [0.717, 1.165) is 31.0 Å². The van der Waals surface area contributed by atoms with Gasteiger partial charge >= 0.3 is 0 Å². The van der Waals surface area contributed by atoms with Crippen molar-refractivity contribution in [3.8, 4) is 0 Å². The highest BCUT2D eigenvalue weighted by molar-refractivity contribution is 7.92. The molecule has 2 aromatic carbocycles. The third-order valence-corrected chi connectivity index (χ3v) is 5.89. The number of likely N-dealkylation sites (tertiary alicyclic amines) is 1. The summed E-state index contributed by atoms with van der Waals surface area (Å²) in [4.78, 5) is 14.3. The Morgan fingerprint density at radius 1 is 1.15 bits per heavy atom. The van der Waals surface area contributed by atoms with Gasteiger partial charge in [0.15, 0.2) is 11.6 Å². The van der Waals surface area contributed by atoms with Gasteiger partial charge < -0.3 is 4.90 Å². The molecule has 0 aromatic heterocycles. The summed E-state index contributed by atoms with van der Waals surface area (Å²) in [5.41, 5.74) is 0.174. The molecule has 8 heteroatoms. The number of sulfonamides is 1. The minimum atomic E-state index is -4.05. The van der Waals surface area contributed by atoms with Crippen molar-refractivity contribution in [2.75, 3.05) is 17.8 Å². The summed E-state index contributed by atoms with van der Waals surface area (Å²) >= 11 is 0. The number of amides is 1. The maximum absolute atomic E-state index is 13.3. The highest BCUT2D eigenvalue weighted by atomic mass is 32.2. The van der Waals surface area contributed by atoms with Crippen LogP contribution in [0.1, 0.15) is 30.1 Å². The van der Waals surface area contributed by atoms with Crippen LogP contribution >= 0.6 is 0 Å². The van der Waals surface area contributed by atoms with Crippen molar-refractivity contribution in [3.63, 3.8) is 0 Å². The zero-order valence-electron chi connectivity index (χ0n) is 14.8. The summed E-state index contributed by atoms with van der Waals surface area (Å²) in [5.74, 6) is -2.03. The topological polar surface area (TPSA) is 66.5 Å². The first-order valence-corrected chi connectivity index (χ1v) is 10.1. The van der Waals surface area contributed by atoms with Crippen molar-refractivity contribution in [2.24, 2.45) is 5.92 Å². The SMILES string of the molecule is CC1CCCN(C(=O)c2cccc(S(=O)(=O)Nc3ccc(F)c(F)c3)c2)C1. The lowest BCUT2D eigenvalue weighted by atomic mass is 9.99. The first kappa shape index (κ1) is 19.3. The quantitative estimate of drug-likeness (QED) is 0.861. The largest absolute Gasteiger partial charge is 0.338 e. The van der Waals surface area contributed by atoms with Gasteiger partial charge in [0, 0.05) is 24.7 Å². The van der Waals surface area contributed by atoms with Crippen LogP contribution in [0.25, 0.3) is 0 Å². The normalized spacial score (nSPS) is 17.6. The number of benzene rings is 2. The molecule has 1 fully saturated rings. The molecule has 144 valence electrons. The Hall–Kier alpha value is -2.48. The Labute approximate surface area is 157 Å². The Morgan fingerprint density at radius 2 is 1.93 bits per heavy atom. The molecule has 1 unspecified atom stereocenters. The van der Waals surface area contributed by atoms with Gasteiger partial charge in [0.1, 0.15) is 0 Å². The van der Waals surface area contributed by atoms with Gasteiger partial charge in [-0.2, -0.15) is 0 Å². The standard InChI is InChI=1S/C19H20F2N2O3S/c1-13-4-3-9-23(12-13)19(24)14-5-2-6-16(10-14)27(25,26)22-15-7-8-17(20)18(21)11-15/h2,5-8,10-11,13,22H,3-4,9,12H2,1H3. The van der Waals surface area contributed by atoms with Gasteiger partial charge in [-0.1, -0.05) is 13.0 Å². The van der Waals surface area contributed by atoms with Crippen molar-refractivity contribution in [3.05, 3.63) is 59.7 Å². The first-order chi connectivity index (χ1) is 12.8. The number of hydrogen-bond acceptors (Lipinski definition) is 3. The summed E-state index contributed by atoms with van der Waals surface area (Å²) in [6.45, 7) is 3.36. The van der Waals surface area contributed by atoms with E-state index in [4.69, 9.17) is 0 Å². The Kier molecular flexibility index (Phi) is 5.46. The summed E-state index contributed by atoms with van der Waals surface area (Å²) in [6, 6.07) is 8.42. The number of rotatable bonds is 4. The molecule has 1 atom stereocenters. The van der Waals surface area contributed by atoms with Crippen molar-refractivity contribution in [2.45, 2.75) is 24.7 Å². The number of anilines is 1. The lowest BCUT2D eigenvalue weighted by Gasteiger charge is -2.31. The predicted molar refractivity (Wildman–Crippen MR) is 97.9 cm³/mol. The maximum Gasteiger partial charge on any atom is 0.261 e. The second-order valence-electron chi connectivity index (χ2n) is 6.76. The van der Waals surface area contributed by atoms with Crippen LogP contribution in [0.4, 0.5) is 14.5 Å². The van der Waals surface area contributed by atoms with E-state index in [9.17, 15) is 22.0 Å². The molecule has 1 heterocycles. The van der Waals surface area contributed by atoms with Crippen LogP contribution < -0.4 is 4.72 Å². The molecule has 1 saturated heterocycles. The lowest BCUT2D eigenvalue weighted by molar-refractivity contribution is 0.0683. The average Bonchev–Trinajstić information content (AvgIpc) is 2.64. The van der Waals surface area contributed by atoms with E-state index in [-0.39, 0.29) is 22.1 Å². The number of carbonyl (C=O) groups excluding carboxylic acids is 1. The molecule has 0 saturated carbocycles. The molecule has 27 heavy (non-hydrogen) atoms. The minimum Gasteiger partial charge on any atom is -0.338 e. The molecule has 1 aliphatic rings. The zero-order chi connectivity index (χ0) is 19.6. The molecule has 0 bridgehead atoms. The maximum atomic E-state index is 13.3. The molecule has 3 rings (SSSR count). The van der Waals surface area contributed by atoms with Gasteiger partial charge in [-0.3, -0.25) is 9.52 Å². The summed E-state index contributed by atoms with van der Waals surface area (Å²) in [5, 5.41) is 0. The van der Waals surface area contributed by atoms with Crippen molar-refractivity contribution >= 4 is 21.6 Å². The van der Waals surface area contributed by atoms with E-state index in [1.807, 2.05) is 0 Å². The van der Waals surface area contributed by atoms with E-state index < -0.39 is 21.7 Å². The third-order valence-electron chi connectivity index (χ3n) is 4.51. The van der Waals surface area contributed by atoms with E-state index in [2.05, 4.69) is 11.6 Å². The number of halogens is 2. The van der Waals surface area contributed by atoms with Crippen LogP contribution in [-0.2, 0) is 10.0 Å². The summed E-state index contributed by atoms with van der Waals surface area (Å²) in [7, 11) is -4.05. The summed E-state index contributed by atoms with van der Waals surface area (Å²) < 4.78 is 53.6. The molecule has 0 spiro atoms. The highest BCUT2D eigenvalue weighted by Crippen LogP contribution is 2.22. The van der Waals surface area contributed by atoms with Crippen molar-refractivity contribution in [1.29, 1.82) is 0 Å². The molecule has 1 aliphatic heterocycles. The molecular weight excluding hydrogens is 374 g/mol. The smallest absolute Gasteiger partial charge is 0.261 e. The fraction of sp³-hybridized carbons (Fsp3) is 0.316.